The summed E-state index contributed by atoms with van der Waals surface area (Å²) in [7, 11) is 1.38. The van der Waals surface area contributed by atoms with E-state index in [0.717, 1.165) is 36.8 Å². The second kappa shape index (κ2) is 7.87. The normalized spacial score (nSPS) is 11.4. The van der Waals surface area contributed by atoms with E-state index >= 15 is 0 Å². The maximum absolute atomic E-state index is 12.7. The third-order valence-corrected chi connectivity index (χ3v) is 6.57. The Morgan fingerprint density at radius 2 is 1.73 bits per heavy atom. The average molecular weight is 512 g/mol. The summed E-state index contributed by atoms with van der Waals surface area (Å²) in [6, 6.07) is 15.4. The van der Waals surface area contributed by atoms with Gasteiger partial charge in [0.25, 0.3) is 0 Å². The average Bonchev–Trinajstić information content (AvgIpc) is 2.87. The largest absolute Gasteiger partial charge is 0.465 e. The zero-order chi connectivity index (χ0) is 21.6. The van der Waals surface area contributed by atoms with Crippen LogP contribution in [0, 0.1) is 10.5 Å². The molecule has 1 heterocycles. The second-order valence-corrected chi connectivity index (χ2v) is 8.68. The third kappa shape index (κ3) is 3.21. The molecule has 0 aliphatic heterocycles. The first kappa shape index (κ1) is 20.6. The maximum Gasteiger partial charge on any atom is 0.344 e. The smallest absolute Gasteiger partial charge is 0.344 e. The number of fused-ring (bicyclic) bond motifs is 2. The van der Waals surface area contributed by atoms with Gasteiger partial charge in [0.1, 0.15) is 0 Å². The quantitative estimate of drug-likeness (QED) is 0.236. The zero-order valence-electron chi connectivity index (χ0n) is 17.2. The molecule has 1 aromatic carbocycles. The Morgan fingerprint density at radius 1 is 1.03 bits per heavy atom. The van der Waals surface area contributed by atoms with Gasteiger partial charge in [0.2, 0.25) is 0 Å². The predicted molar refractivity (Wildman–Crippen MR) is 127 cm³/mol. The summed E-state index contributed by atoms with van der Waals surface area (Å²) in [5, 5.41) is 1.38. The Hall–Kier alpha value is -2.67. The lowest BCUT2D eigenvalue weighted by atomic mass is 10.0. The summed E-state index contributed by atoms with van der Waals surface area (Å²) in [5.41, 5.74) is 4.38. The molecule has 0 bridgehead atoms. The molecule has 0 saturated carbocycles. The standard InChI is InChI=1S/C25H21IO4/c1-13(2)15-8-7-11-16-19(12-15)21(25(28)29-4)14(3)20(16)23-22(26)17-9-5-6-10-18(17)24(27)30-23/h5-13H,1-4H3. The number of halogens is 1. The monoisotopic (exact) mass is 512 g/mol. The van der Waals surface area contributed by atoms with E-state index in [2.05, 4.69) is 36.4 Å². The molecule has 2 aliphatic carbocycles. The first-order valence-corrected chi connectivity index (χ1v) is 10.8. The molecule has 0 amide bonds. The van der Waals surface area contributed by atoms with Crippen molar-refractivity contribution in [3.8, 4) is 22.5 Å². The minimum absolute atomic E-state index is 0.295. The van der Waals surface area contributed by atoms with E-state index in [-0.39, 0.29) is 0 Å². The number of rotatable bonds is 3. The minimum Gasteiger partial charge on any atom is -0.465 e. The third-order valence-electron chi connectivity index (χ3n) is 5.50. The highest BCUT2D eigenvalue weighted by Gasteiger charge is 2.29. The molecule has 0 saturated heterocycles. The second-order valence-electron chi connectivity index (χ2n) is 7.60. The molecule has 4 nitrogen and oxygen atoms in total. The van der Waals surface area contributed by atoms with E-state index in [1.165, 1.54) is 7.11 Å². The molecule has 1 aromatic heterocycles. The molecule has 2 aliphatic rings. The molecule has 0 fully saturated rings. The van der Waals surface area contributed by atoms with Gasteiger partial charge in [0.05, 0.1) is 21.6 Å². The van der Waals surface area contributed by atoms with Gasteiger partial charge in [-0.1, -0.05) is 50.2 Å². The molecule has 152 valence electrons. The fourth-order valence-corrected chi connectivity index (χ4v) is 4.79. The molecule has 0 radical (unpaired) electrons. The van der Waals surface area contributed by atoms with Crippen LogP contribution in [-0.4, -0.2) is 13.1 Å². The minimum atomic E-state index is -0.400. The number of carbonyl (C=O) groups is 1. The molecule has 0 unspecified atom stereocenters. The van der Waals surface area contributed by atoms with E-state index in [1.807, 2.05) is 49.4 Å². The highest BCUT2D eigenvalue weighted by molar-refractivity contribution is 14.1. The van der Waals surface area contributed by atoms with Crippen LogP contribution in [0.3, 0.4) is 0 Å². The summed E-state index contributed by atoms with van der Waals surface area (Å²) in [6.07, 6.45) is 0. The molecule has 0 N–H and O–H groups in total. The van der Waals surface area contributed by atoms with E-state index in [4.69, 9.17) is 9.15 Å². The molecule has 2 aromatic rings. The fourth-order valence-electron chi connectivity index (χ4n) is 3.94. The van der Waals surface area contributed by atoms with Gasteiger partial charge in [-0.3, -0.25) is 0 Å². The van der Waals surface area contributed by atoms with Crippen LogP contribution in [0.5, 0.6) is 0 Å². The molecular weight excluding hydrogens is 491 g/mol. The Balaban J connectivity index is 2.13. The number of hydrogen-bond acceptors (Lipinski definition) is 4. The van der Waals surface area contributed by atoms with Crippen molar-refractivity contribution >= 4 is 39.3 Å². The molecule has 4 rings (SSSR count). The SMILES string of the molecule is COC(=O)c1c2cc(C(C)C)cccc-2c(-c2oc(=O)c3ccccc3c2I)c1C. The number of ether oxygens (including phenoxy) is 1. The number of carbonyl (C=O) groups excluding carboxylic acids is 1. The van der Waals surface area contributed by atoms with Crippen molar-refractivity contribution in [1.29, 1.82) is 0 Å². The fraction of sp³-hybridized carbons (Fsp3) is 0.200. The van der Waals surface area contributed by atoms with Crippen LogP contribution in [0.25, 0.3) is 33.2 Å². The van der Waals surface area contributed by atoms with Crippen molar-refractivity contribution in [3.05, 3.63) is 79.2 Å². The lowest BCUT2D eigenvalue weighted by Crippen LogP contribution is -2.04. The lowest BCUT2D eigenvalue weighted by Gasteiger charge is -2.08. The number of hydrogen-bond donors (Lipinski definition) is 0. The lowest BCUT2D eigenvalue weighted by molar-refractivity contribution is 0.0601. The Kier molecular flexibility index (Phi) is 5.40. The summed E-state index contributed by atoms with van der Waals surface area (Å²) in [6.45, 7) is 6.10. The van der Waals surface area contributed by atoms with Crippen molar-refractivity contribution in [2.45, 2.75) is 26.7 Å². The molecule has 30 heavy (non-hydrogen) atoms. The first-order chi connectivity index (χ1) is 14.3. The molecule has 0 atom stereocenters. The maximum atomic E-state index is 12.7. The number of benzene rings is 1. The Bertz CT molecular complexity index is 1320. The van der Waals surface area contributed by atoms with Crippen LogP contribution in [0.2, 0.25) is 0 Å². The summed E-state index contributed by atoms with van der Waals surface area (Å²) in [5.74, 6) is 0.376. The molecular formula is C25H21IO4. The van der Waals surface area contributed by atoms with Gasteiger partial charge in [0, 0.05) is 10.9 Å². The van der Waals surface area contributed by atoms with Gasteiger partial charge in [-0.15, -0.1) is 0 Å². The van der Waals surface area contributed by atoms with Crippen LogP contribution < -0.4 is 5.63 Å². The van der Waals surface area contributed by atoms with Crippen LogP contribution in [0.15, 0.2) is 57.7 Å². The van der Waals surface area contributed by atoms with Crippen molar-refractivity contribution in [3.63, 3.8) is 0 Å². The van der Waals surface area contributed by atoms with Crippen molar-refractivity contribution in [2.75, 3.05) is 7.11 Å². The number of methoxy groups -OCH3 is 1. The first-order valence-electron chi connectivity index (χ1n) is 9.71. The zero-order valence-corrected chi connectivity index (χ0v) is 19.4. The van der Waals surface area contributed by atoms with Gasteiger partial charge in [-0.25, -0.2) is 9.59 Å². The Labute approximate surface area is 188 Å². The Morgan fingerprint density at radius 3 is 2.40 bits per heavy atom. The summed E-state index contributed by atoms with van der Waals surface area (Å²) in [4.78, 5) is 25.4. The molecule has 5 heteroatoms. The van der Waals surface area contributed by atoms with Crippen LogP contribution >= 0.6 is 22.6 Å². The summed E-state index contributed by atoms with van der Waals surface area (Å²) >= 11 is 2.21. The van der Waals surface area contributed by atoms with Gasteiger partial charge in [0.15, 0.2) is 5.76 Å². The van der Waals surface area contributed by atoms with E-state index < -0.39 is 11.6 Å². The van der Waals surface area contributed by atoms with E-state index in [1.54, 1.807) is 6.07 Å². The van der Waals surface area contributed by atoms with Gasteiger partial charge in [-0.2, -0.15) is 0 Å². The van der Waals surface area contributed by atoms with Crippen molar-refractivity contribution in [1.82, 2.24) is 0 Å². The predicted octanol–water partition coefficient (Wildman–Crippen LogP) is 6.39. The van der Waals surface area contributed by atoms with Gasteiger partial charge < -0.3 is 9.15 Å². The van der Waals surface area contributed by atoms with Crippen LogP contribution in [0.1, 0.15) is 41.3 Å². The highest BCUT2D eigenvalue weighted by Crippen LogP contribution is 2.45. The van der Waals surface area contributed by atoms with Crippen molar-refractivity contribution in [2.24, 2.45) is 0 Å². The summed E-state index contributed by atoms with van der Waals surface area (Å²) < 4.78 is 11.8. The van der Waals surface area contributed by atoms with E-state index in [0.29, 0.717) is 22.6 Å². The van der Waals surface area contributed by atoms with Gasteiger partial charge in [-0.05, 0) is 69.8 Å². The molecule has 0 spiro atoms. The van der Waals surface area contributed by atoms with Crippen LogP contribution in [0.4, 0.5) is 0 Å². The van der Waals surface area contributed by atoms with Crippen molar-refractivity contribution < 1.29 is 13.9 Å². The highest BCUT2D eigenvalue weighted by atomic mass is 127. The topological polar surface area (TPSA) is 56.5 Å². The number of esters is 1. The van der Waals surface area contributed by atoms with Gasteiger partial charge >= 0.3 is 11.6 Å². The van der Waals surface area contributed by atoms with E-state index in [9.17, 15) is 9.59 Å². The van der Waals surface area contributed by atoms with Crippen LogP contribution in [-0.2, 0) is 4.74 Å².